The minimum atomic E-state index is -0.244. The third-order valence-corrected chi connectivity index (χ3v) is 5.15. The first kappa shape index (κ1) is 18.6. The highest BCUT2D eigenvalue weighted by Gasteiger charge is 2.34. The summed E-state index contributed by atoms with van der Waals surface area (Å²) in [6, 6.07) is 19.2. The average Bonchev–Trinajstić information content (AvgIpc) is 3.01. The molecule has 0 atom stereocenters. The lowest BCUT2D eigenvalue weighted by molar-refractivity contribution is -0.113. The molecule has 1 heterocycles. The van der Waals surface area contributed by atoms with Gasteiger partial charge in [0.2, 0.25) is 0 Å². The molecule has 1 aliphatic rings. The molecule has 3 N–H and O–H groups in total. The number of phenolic OH excluding ortho intramolecular Hbond substituents is 3. The maximum absolute atomic E-state index is 13.1. The molecule has 0 aromatic heterocycles. The quantitative estimate of drug-likeness (QED) is 0.554. The third kappa shape index (κ3) is 4.09. The number of aromatic hydroxyl groups is 3. The minimum absolute atomic E-state index is 0.102. The first-order chi connectivity index (χ1) is 14.0. The highest BCUT2D eigenvalue weighted by atomic mass is 32.2. The minimum Gasteiger partial charge on any atom is -0.508 e. The summed E-state index contributed by atoms with van der Waals surface area (Å²) in [6.07, 6.45) is 1.74. The van der Waals surface area contributed by atoms with Crippen molar-refractivity contribution in [3.05, 3.63) is 83.3 Å². The fourth-order valence-corrected chi connectivity index (χ4v) is 3.74. The summed E-state index contributed by atoms with van der Waals surface area (Å²) < 4.78 is 0. The Hall–Kier alpha value is -3.71. The van der Waals surface area contributed by atoms with E-state index in [2.05, 4.69) is 4.99 Å². The zero-order valence-electron chi connectivity index (χ0n) is 15.1. The van der Waals surface area contributed by atoms with E-state index >= 15 is 0 Å². The molecule has 7 heteroatoms. The lowest BCUT2D eigenvalue weighted by atomic mass is 10.2. The van der Waals surface area contributed by atoms with Gasteiger partial charge in [0, 0.05) is 0 Å². The Labute approximate surface area is 171 Å². The number of phenols is 3. The van der Waals surface area contributed by atoms with Crippen LogP contribution in [0.15, 0.2) is 82.7 Å². The number of carbonyl (C=O) groups excluding carboxylic acids is 1. The summed E-state index contributed by atoms with van der Waals surface area (Å²) in [4.78, 5) is 19.6. The SMILES string of the molecule is O=C1/C(=C/c2ccc(O)cc2)SC(=Nc2ccc(O)cc2)N1c1ccc(O)cc1. The molecule has 1 saturated heterocycles. The van der Waals surface area contributed by atoms with Crippen molar-refractivity contribution in [2.45, 2.75) is 0 Å². The van der Waals surface area contributed by atoms with E-state index < -0.39 is 0 Å². The van der Waals surface area contributed by atoms with Crippen molar-refractivity contribution in [1.82, 2.24) is 0 Å². The summed E-state index contributed by atoms with van der Waals surface area (Å²) in [5, 5.41) is 28.9. The molecule has 29 heavy (non-hydrogen) atoms. The summed E-state index contributed by atoms with van der Waals surface area (Å²) in [5.41, 5.74) is 1.94. The summed E-state index contributed by atoms with van der Waals surface area (Å²) in [5.74, 6) is 0.140. The molecule has 144 valence electrons. The van der Waals surface area contributed by atoms with Gasteiger partial charge in [0.15, 0.2) is 5.17 Å². The van der Waals surface area contributed by atoms with Crippen LogP contribution in [-0.4, -0.2) is 26.4 Å². The van der Waals surface area contributed by atoms with Crippen LogP contribution in [0.5, 0.6) is 17.2 Å². The highest BCUT2D eigenvalue weighted by Crippen LogP contribution is 2.38. The second kappa shape index (κ2) is 7.73. The van der Waals surface area contributed by atoms with Gasteiger partial charge in [-0.15, -0.1) is 0 Å². The van der Waals surface area contributed by atoms with Crippen LogP contribution in [-0.2, 0) is 4.79 Å². The van der Waals surface area contributed by atoms with Crippen LogP contribution >= 0.6 is 11.8 Å². The van der Waals surface area contributed by atoms with Crippen molar-refractivity contribution in [2.24, 2.45) is 4.99 Å². The van der Waals surface area contributed by atoms with Gasteiger partial charge in [-0.2, -0.15) is 0 Å². The summed E-state index contributed by atoms with van der Waals surface area (Å²) >= 11 is 1.22. The maximum Gasteiger partial charge on any atom is 0.271 e. The van der Waals surface area contributed by atoms with Crippen molar-refractivity contribution in [2.75, 3.05) is 4.90 Å². The Morgan fingerprint density at radius 2 is 1.28 bits per heavy atom. The third-order valence-electron chi connectivity index (χ3n) is 4.18. The number of hydrogen-bond acceptors (Lipinski definition) is 6. The average molecular weight is 404 g/mol. The van der Waals surface area contributed by atoms with Gasteiger partial charge in [-0.3, -0.25) is 9.69 Å². The number of carbonyl (C=O) groups is 1. The second-order valence-corrected chi connectivity index (χ2v) is 7.28. The van der Waals surface area contributed by atoms with Crippen molar-refractivity contribution in [3.63, 3.8) is 0 Å². The molecule has 1 fully saturated rings. The molecule has 0 saturated carbocycles. The van der Waals surface area contributed by atoms with Gasteiger partial charge < -0.3 is 15.3 Å². The van der Waals surface area contributed by atoms with Crippen molar-refractivity contribution in [1.29, 1.82) is 0 Å². The Balaban J connectivity index is 1.76. The van der Waals surface area contributed by atoms with Crippen LogP contribution in [0.1, 0.15) is 5.56 Å². The molecule has 1 amide bonds. The normalized spacial score (nSPS) is 16.7. The Morgan fingerprint density at radius 3 is 1.86 bits per heavy atom. The topological polar surface area (TPSA) is 93.4 Å². The molecular formula is C22H16N2O4S. The standard InChI is InChI=1S/C22H16N2O4S/c25-17-7-1-14(2-8-17)13-20-21(28)24(16-5-11-19(27)12-6-16)22(29-20)23-15-3-9-18(26)10-4-15/h1-13,25-27H/b20-13-,23-22?. The van der Waals surface area contributed by atoms with Crippen LogP contribution in [0, 0.1) is 0 Å². The van der Waals surface area contributed by atoms with Gasteiger partial charge >= 0.3 is 0 Å². The number of amidine groups is 1. The molecule has 0 aliphatic carbocycles. The van der Waals surface area contributed by atoms with E-state index in [4.69, 9.17) is 0 Å². The number of benzene rings is 3. The molecule has 4 rings (SSSR count). The lowest BCUT2D eigenvalue weighted by Gasteiger charge is -2.15. The van der Waals surface area contributed by atoms with Crippen LogP contribution in [0.4, 0.5) is 11.4 Å². The summed E-state index contributed by atoms with van der Waals surface area (Å²) in [7, 11) is 0. The second-order valence-electron chi connectivity index (χ2n) is 6.27. The molecule has 0 spiro atoms. The first-order valence-electron chi connectivity index (χ1n) is 8.69. The maximum atomic E-state index is 13.1. The molecule has 0 unspecified atom stereocenters. The van der Waals surface area contributed by atoms with E-state index in [0.29, 0.717) is 21.4 Å². The predicted octanol–water partition coefficient (Wildman–Crippen LogP) is 4.61. The van der Waals surface area contributed by atoms with E-state index in [-0.39, 0.29) is 23.2 Å². The molecule has 6 nitrogen and oxygen atoms in total. The molecular weight excluding hydrogens is 388 g/mol. The molecule has 1 aliphatic heterocycles. The molecule has 0 bridgehead atoms. The van der Waals surface area contributed by atoms with Gasteiger partial charge in [-0.05, 0) is 84.1 Å². The molecule has 0 radical (unpaired) electrons. The number of rotatable bonds is 3. The monoisotopic (exact) mass is 404 g/mol. The molecule has 3 aromatic carbocycles. The van der Waals surface area contributed by atoms with E-state index in [1.807, 2.05) is 0 Å². The number of anilines is 1. The zero-order chi connectivity index (χ0) is 20.4. The van der Waals surface area contributed by atoms with Crippen LogP contribution in [0.2, 0.25) is 0 Å². The number of hydrogen-bond donors (Lipinski definition) is 3. The van der Waals surface area contributed by atoms with Crippen molar-refractivity contribution in [3.8, 4) is 17.2 Å². The van der Waals surface area contributed by atoms with Gasteiger partial charge in [0.1, 0.15) is 17.2 Å². The highest BCUT2D eigenvalue weighted by molar-refractivity contribution is 8.19. The van der Waals surface area contributed by atoms with Gasteiger partial charge in [0.05, 0.1) is 16.3 Å². The van der Waals surface area contributed by atoms with E-state index in [0.717, 1.165) is 5.56 Å². The van der Waals surface area contributed by atoms with Gasteiger partial charge in [-0.1, -0.05) is 12.1 Å². The van der Waals surface area contributed by atoms with Crippen LogP contribution in [0.25, 0.3) is 6.08 Å². The molecule has 3 aromatic rings. The Morgan fingerprint density at radius 1 is 0.759 bits per heavy atom. The Kier molecular flexibility index (Phi) is 4.97. The van der Waals surface area contributed by atoms with Gasteiger partial charge in [-0.25, -0.2) is 4.99 Å². The fourth-order valence-electron chi connectivity index (χ4n) is 2.74. The van der Waals surface area contributed by atoms with Crippen molar-refractivity contribution >= 4 is 40.3 Å². The van der Waals surface area contributed by atoms with Crippen LogP contribution < -0.4 is 4.90 Å². The number of aliphatic imine (C=N–C) groups is 1. The van der Waals surface area contributed by atoms with E-state index in [9.17, 15) is 20.1 Å². The summed E-state index contributed by atoms with van der Waals surface area (Å²) in [6.45, 7) is 0. The van der Waals surface area contributed by atoms with Crippen molar-refractivity contribution < 1.29 is 20.1 Å². The van der Waals surface area contributed by atoms with E-state index in [1.165, 1.54) is 40.9 Å². The fraction of sp³-hybridized carbons (Fsp3) is 0. The number of thioether (sulfide) groups is 1. The number of nitrogens with zero attached hydrogens (tertiary/aromatic N) is 2. The Bertz CT molecular complexity index is 1110. The van der Waals surface area contributed by atoms with Crippen LogP contribution in [0.3, 0.4) is 0 Å². The lowest BCUT2D eigenvalue weighted by Crippen LogP contribution is -2.28. The van der Waals surface area contributed by atoms with Gasteiger partial charge in [0.25, 0.3) is 5.91 Å². The number of amides is 1. The van der Waals surface area contributed by atoms with E-state index in [1.54, 1.807) is 54.6 Å². The predicted molar refractivity (Wildman–Crippen MR) is 114 cm³/mol. The smallest absolute Gasteiger partial charge is 0.271 e. The zero-order valence-corrected chi connectivity index (χ0v) is 15.9. The first-order valence-corrected chi connectivity index (χ1v) is 9.51. The largest absolute Gasteiger partial charge is 0.508 e.